The number of morpholine rings is 1. The van der Waals surface area contributed by atoms with Crippen molar-refractivity contribution in [1.82, 2.24) is 15.5 Å². The first-order chi connectivity index (χ1) is 11.2. The second kappa shape index (κ2) is 7.90. The van der Waals surface area contributed by atoms with Gasteiger partial charge in [-0.2, -0.15) is 0 Å². The van der Waals surface area contributed by atoms with E-state index in [2.05, 4.69) is 52.8 Å². The molecule has 0 bridgehead atoms. The van der Waals surface area contributed by atoms with Crippen molar-refractivity contribution in [3.63, 3.8) is 0 Å². The molecule has 1 aromatic rings. The fourth-order valence-electron chi connectivity index (χ4n) is 3.40. The first kappa shape index (κ1) is 16.4. The fourth-order valence-corrected chi connectivity index (χ4v) is 3.40. The van der Waals surface area contributed by atoms with Gasteiger partial charge in [0.25, 0.3) is 5.91 Å². The zero-order valence-electron chi connectivity index (χ0n) is 13.8. The predicted octanol–water partition coefficient (Wildman–Crippen LogP) is 1.32. The van der Waals surface area contributed by atoms with Crippen molar-refractivity contribution in [1.29, 1.82) is 0 Å². The fraction of sp³-hybridized carbons (Fsp3) is 0.611. The standard InChI is InChI=1S/C18H27N3O2/c1-14(15-5-3-2-4-6-15)21-10-7-16(8-11-21)20-18(22)17-13-19-9-12-23-17/h2-6,14,16-17,19H,7-13H2,1H3,(H,20,22). The molecule has 2 atom stereocenters. The van der Waals surface area contributed by atoms with E-state index in [1.807, 2.05) is 0 Å². The number of carbonyl (C=O) groups is 1. The van der Waals surface area contributed by atoms with E-state index in [0.29, 0.717) is 19.2 Å². The number of hydrogen-bond donors (Lipinski definition) is 2. The van der Waals surface area contributed by atoms with Crippen LogP contribution >= 0.6 is 0 Å². The van der Waals surface area contributed by atoms with Gasteiger partial charge in [0.15, 0.2) is 0 Å². The van der Waals surface area contributed by atoms with Gasteiger partial charge in [0, 0.05) is 38.3 Å². The number of nitrogens with zero attached hydrogens (tertiary/aromatic N) is 1. The molecule has 0 aliphatic carbocycles. The Balaban J connectivity index is 1.45. The number of hydrogen-bond acceptors (Lipinski definition) is 4. The molecule has 2 aliphatic rings. The van der Waals surface area contributed by atoms with Crippen LogP contribution in [0.4, 0.5) is 0 Å². The summed E-state index contributed by atoms with van der Waals surface area (Å²) in [6, 6.07) is 11.3. The van der Waals surface area contributed by atoms with Crippen molar-refractivity contribution in [2.24, 2.45) is 0 Å². The molecule has 3 rings (SSSR count). The lowest BCUT2D eigenvalue weighted by Gasteiger charge is -2.37. The van der Waals surface area contributed by atoms with Crippen molar-refractivity contribution in [3.05, 3.63) is 35.9 Å². The van der Waals surface area contributed by atoms with Gasteiger partial charge in [-0.05, 0) is 25.3 Å². The van der Waals surface area contributed by atoms with Crippen LogP contribution in [0.25, 0.3) is 0 Å². The molecule has 2 fully saturated rings. The average molecular weight is 317 g/mol. The molecule has 2 unspecified atom stereocenters. The molecule has 1 aromatic carbocycles. The number of piperidine rings is 1. The highest BCUT2D eigenvalue weighted by Crippen LogP contribution is 2.24. The van der Waals surface area contributed by atoms with Crippen LogP contribution in [0.5, 0.6) is 0 Å². The van der Waals surface area contributed by atoms with Gasteiger partial charge >= 0.3 is 0 Å². The maximum Gasteiger partial charge on any atom is 0.250 e. The van der Waals surface area contributed by atoms with E-state index in [1.165, 1.54) is 5.56 Å². The average Bonchev–Trinajstić information content (AvgIpc) is 2.63. The van der Waals surface area contributed by atoms with Crippen molar-refractivity contribution in [2.75, 3.05) is 32.8 Å². The summed E-state index contributed by atoms with van der Waals surface area (Å²) in [4.78, 5) is 14.7. The molecule has 0 saturated carbocycles. The van der Waals surface area contributed by atoms with Crippen LogP contribution in [0.1, 0.15) is 31.4 Å². The smallest absolute Gasteiger partial charge is 0.250 e. The molecule has 2 aliphatic heterocycles. The van der Waals surface area contributed by atoms with E-state index in [4.69, 9.17) is 4.74 Å². The lowest BCUT2D eigenvalue weighted by atomic mass is 10.00. The molecule has 2 N–H and O–H groups in total. The van der Waals surface area contributed by atoms with Gasteiger partial charge in [-0.1, -0.05) is 30.3 Å². The quantitative estimate of drug-likeness (QED) is 0.879. The monoisotopic (exact) mass is 317 g/mol. The molecule has 1 amide bonds. The highest BCUT2D eigenvalue weighted by atomic mass is 16.5. The van der Waals surface area contributed by atoms with Crippen LogP contribution in [-0.4, -0.2) is 55.7 Å². The molecule has 5 nitrogen and oxygen atoms in total. The number of benzene rings is 1. The van der Waals surface area contributed by atoms with Crippen molar-refractivity contribution >= 4 is 5.91 Å². The third kappa shape index (κ3) is 4.31. The van der Waals surface area contributed by atoms with Gasteiger partial charge < -0.3 is 15.4 Å². The Hall–Kier alpha value is -1.43. The number of amides is 1. The van der Waals surface area contributed by atoms with E-state index in [0.717, 1.165) is 32.5 Å². The van der Waals surface area contributed by atoms with Crippen LogP contribution in [-0.2, 0) is 9.53 Å². The van der Waals surface area contributed by atoms with Gasteiger partial charge in [0.2, 0.25) is 0 Å². The van der Waals surface area contributed by atoms with Crippen LogP contribution in [0.3, 0.4) is 0 Å². The highest BCUT2D eigenvalue weighted by molar-refractivity contribution is 5.81. The van der Waals surface area contributed by atoms with Gasteiger partial charge in [0.1, 0.15) is 6.10 Å². The normalized spacial score (nSPS) is 25.0. The van der Waals surface area contributed by atoms with Crippen molar-refractivity contribution in [2.45, 2.75) is 38.0 Å². The number of rotatable bonds is 4. The van der Waals surface area contributed by atoms with E-state index >= 15 is 0 Å². The molecule has 0 spiro atoms. The third-order valence-electron chi connectivity index (χ3n) is 4.93. The first-order valence-electron chi connectivity index (χ1n) is 8.66. The lowest BCUT2D eigenvalue weighted by Crippen LogP contribution is -2.52. The SMILES string of the molecule is CC(c1ccccc1)N1CCC(NC(=O)C2CNCCO2)CC1. The number of nitrogens with one attached hydrogen (secondary N) is 2. The molecule has 2 saturated heterocycles. The molecular weight excluding hydrogens is 290 g/mol. The zero-order chi connectivity index (χ0) is 16.1. The predicted molar refractivity (Wildman–Crippen MR) is 90.2 cm³/mol. The Morgan fingerprint density at radius 1 is 1.30 bits per heavy atom. The molecule has 5 heteroatoms. The molecule has 2 heterocycles. The Bertz CT molecular complexity index is 494. The topological polar surface area (TPSA) is 53.6 Å². The summed E-state index contributed by atoms with van der Waals surface area (Å²) in [5.74, 6) is 0.0340. The van der Waals surface area contributed by atoms with E-state index < -0.39 is 0 Å². The van der Waals surface area contributed by atoms with Crippen LogP contribution in [0.15, 0.2) is 30.3 Å². The van der Waals surface area contributed by atoms with Crippen LogP contribution in [0.2, 0.25) is 0 Å². The van der Waals surface area contributed by atoms with E-state index in [9.17, 15) is 4.79 Å². The van der Waals surface area contributed by atoms with E-state index in [1.54, 1.807) is 0 Å². The van der Waals surface area contributed by atoms with Crippen molar-refractivity contribution < 1.29 is 9.53 Å². The maximum absolute atomic E-state index is 12.2. The number of carbonyl (C=O) groups excluding carboxylic acids is 1. The Kier molecular flexibility index (Phi) is 5.65. The van der Waals surface area contributed by atoms with Crippen molar-refractivity contribution in [3.8, 4) is 0 Å². The van der Waals surface area contributed by atoms with Gasteiger partial charge in [-0.25, -0.2) is 0 Å². The third-order valence-corrected chi connectivity index (χ3v) is 4.93. The van der Waals surface area contributed by atoms with Gasteiger partial charge in [0.05, 0.1) is 6.61 Å². The number of ether oxygens (including phenoxy) is 1. The molecule has 0 aromatic heterocycles. The summed E-state index contributed by atoms with van der Waals surface area (Å²) in [5, 5.41) is 6.36. The maximum atomic E-state index is 12.2. The first-order valence-corrected chi connectivity index (χ1v) is 8.66. The second-order valence-corrected chi connectivity index (χ2v) is 6.47. The largest absolute Gasteiger partial charge is 0.366 e. The Morgan fingerprint density at radius 3 is 2.70 bits per heavy atom. The highest BCUT2D eigenvalue weighted by Gasteiger charge is 2.27. The minimum atomic E-state index is -0.329. The Morgan fingerprint density at radius 2 is 2.04 bits per heavy atom. The summed E-state index contributed by atoms with van der Waals surface area (Å²) >= 11 is 0. The van der Waals surface area contributed by atoms with Gasteiger partial charge in [-0.15, -0.1) is 0 Å². The minimum absolute atomic E-state index is 0.0340. The van der Waals surface area contributed by atoms with Crippen LogP contribution in [0, 0.1) is 0 Å². The minimum Gasteiger partial charge on any atom is -0.366 e. The molecule has 23 heavy (non-hydrogen) atoms. The molecular formula is C18H27N3O2. The summed E-state index contributed by atoms with van der Waals surface area (Å²) in [5.41, 5.74) is 1.36. The zero-order valence-corrected chi connectivity index (χ0v) is 13.8. The molecule has 0 radical (unpaired) electrons. The summed E-state index contributed by atoms with van der Waals surface area (Å²) in [7, 11) is 0. The van der Waals surface area contributed by atoms with Crippen LogP contribution < -0.4 is 10.6 Å². The summed E-state index contributed by atoms with van der Waals surface area (Å²) in [6.07, 6.45) is 1.68. The second-order valence-electron chi connectivity index (χ2n) is 6.47. The van der Waals surface area contributed by atoms with E-state index in [-0.39, 0.29) is 18.1 Å². The summed E-state index contributed by atoms with van der Waals surface area (Å²) in [6.45, 7) is 6.37. The molecule has 126 valence electrons. The lowest BCUT2D eigenvalue weighted by molar-refractivity contribution is -0.135. The summed E-state index contributed by atoms with van der Waals surface area (Å²) < 4.78 is 5.51. The van der Waals surface area contributed by atoms with Gasteiger partial charge in [-0.3, -0.25) is 9.69 Å². The Labute approximate surface area is 138 Å². The number of likely N-dealkylation sites (tertiary alicyclic amines) is 1.